The Balaban J connectivity index is 2.13. The summed E-state index contributed by atoms with van der Waals surface area (Å²) in [6, 6.07) is 1.59. The van der Waals surface area contributed by atoms with Gasteiger partial charge in [-0.3, -0.25) is 4.79 Å². The van der Waals surface area contributed by atoms with E-state index in [1.165, 1.54) is 11.2 Å². The lowest BCUT2D eigenvalue weighted by Gasteiger charge is -2.14. The Labute approximate surface area is 86.9 Å². The number of carbonyl (C=O) groups excluding carboxylic acids is 1. The Hall–Kier alpha value is -1.33. The van der Waals surface area contributed by atoms with Gasteiger partial charge in [0.1, 0.15) is 5.76 Å². The smallest absolute Gasteiger partial charge is 0.257 e. The fourth-order valence-electron chi connectivity index (χ4n) is 1.71. The number of hydrogen-bond acceptors (Lipinski definition) is 4. The molecule has 2 N–H and O–H groups in total. The molecule has 5 nitrogen and oxygen atoms in total. The molecule has 2 atom stereocenters. The minimum atomic E-state index is -0.846. The molecule has 1 aliphatic heterocycles. The van der Waals surface area contributed by atoms with Gasteiger partial charge < -0.3 is 19.5 Å². The Morgan fingerprint density at radius 3 is 2.53 bits per heavy atom. The third kappa shape index (κ3) is 1.75. The van der Waals surface area contributed by atoms with Gasteiger partial charge >= 0.3 is 0 Å². The van der Waals surface area contributed by atoms with Crippen LogP contribution in [0.2, 0.25) is 0 Å². The third-order valence-corrected chi connectivity index (χ3v) is 2.64. The number of likely N-dealkylation sites (tertiary alicyclic amines) is 1. The molecule has 1 aromatic rings. The largest absolute Gasteiger partial charge is 0.469 e. The van der Waals surface area contributed by atoms with E-state index in [-0.39, 0.29) is 19.0 Å². The van der Waals surface area contributed by atoms with Crippen molar-refractivity contribution in [3.05, 3.63) is 23.7 Å². The predicted octanol–water partition coefficient (Wildman–Crippen LogP) is -0.234. The van der Waals surface area contributed by atoms with E-state index in [0.717, 1.165) is 0 Å². The van der Waals surface area contributed by atoms with Crippen LogP contribution in [0.15, 0.2) is 16.7 Å². The van der Waals surface area contributed by atoms with E-state index in [9.17, 15) is 15.0 Å². The molecule has 2 rings (SSSR count). The Morgan fingerprint density at radius 1 is 1.47 bits per heavy atom. The molecule has 2 heterocycles. The summed E-state index contributed by atoms with van der Waals surface area (Å²) >= 11 is 0. The van der Waals surface area contributed by atoms with Crippen LogP contribution in [0.1, 0.15) is 16.1 Å². The van der Waals surface area contributed by atoms with E-state index in [4.69, 9.17) is 4.42 Å². The van der Waals surface area contributed by atoms with Crippen LogP contribution in [0, 0.1) is 6.92 Å². The summed E-state index contributed by atoms with van der Waals surface area (Å²) in [5.74, 6) is 0.340. The molecule has 0 spiro atoms. The molecule has 0 aliphatic carbocycles. The van der Waals surface area contributed by atoms with Gasteiger partial charge in [0.25, 0.3) is 5.91 Å². The van der Waals surface area contributed by atoms with Gasteiger partial charge in [-0.1, -0.05) is 0 Å². The molecule has 0 aromatic carbocycles. The highest BCUT2D eigenvalue weighted by atomic mass is 16.3. The highest BCUT2D eigenvalue weighted by Gasteiger charge is 2.33. The number of nitrogens with zero attached hydrogens (tertiary/aromatic N) is 1. The van der Waals surface area contributed by atoms with Crippen LogP contribution in [-0.4, -0.2) is 46.3 Å². The topological polar surface area (TPSA) is 73.9 Å². The second-order valence-electron chi connectivity index (χ2n) is 3.74. The summed E-state index contributed by atoms with van der Waals surface area (Å²) in [6.07, 6.45) is -0.242. The first-order valence-corrected chi connectivity index (χ1v) is 4.79. The quantitative estimate of drug-likeness (QED) is 0.672. The molecule has 15 heavy (non-hydrogen) atoms. The van der Waals surface area contributed by atoms with Gasteiger partial charge in [-0.15, -0.1) is 0 Å². The van der Waals surface area contributed by atoms with Gasteiger partial charge in [0, 0.05) is 13.1 Å². The van der Waals surface area contributed by atoms with Crippen LogP contribution in [-0.2, 0) is 0 Å². The second-order valence-corrected chi connectivity index (χ2v) is 3.74. The van der Waals surface area contributed by atoms with Crippen LogP contribution in [0.25, 0.3) is 0 Å². The van der Waals surface area contributed by atoms with E-state index in [1.807, 2.05) is 0 Å². The molecular weight excluding hydrogens is 198 g/mol. The zero-order valence-corrected chi connectivity index (χ0v) is 8.38. The molecule has 0 bridgehead atoms. The van der Waals surface area contributed by atoms with Crippen LogP contribution in [0.4, 0.5) is 0 Å². The first kappa shape index (κ1) is 10.2. The molecule has 0 radical (unpaired) electrons. The first-order chi connectivity index (χ1) is 7.09. The van der Waals surface area contributed by atoms with Crippen LogP contribution in [0.5, 0.6) is 0 Å². The maximum atomic E-state index is 11.9. The van der Waals surface area contributed by atoms with Gasteiger partial charge in [-0.05, 0) is 13.0 Å². The van der Waals surface area contributed by atoms with Crippen molar-refractivity contribution in [1.82, 2.24) is 4.90 Å². The Morgan fingerprint density at radius 2 is 2.07 bits per heavy atom. The van der Waals surface area contributed by atoms with Crippen LogP contribution >= 0.6 is 0 Å². The highest BCUT2D eigenvalue weighted by molar-refractivity contribution is 5.95. The fraction of sp³-hybridized carbons (Fsp3) is 0.500. The van der Waals surface area contributed by atoms with Gasteiger partial charge in [-0.25, -0.2) is 0 Å². The van der Waals surface area contributed by atoms with Gasteiger partial charge in [0.15, 0.2) is 0 Å². The number of β-amino-alcohol motifs (C(OH)–C–C–N with tert-alkyl or cyclic N) is 2. The summed E-state index contributed by atoms with van der Waals surface area (Å²) in [6.45, 7) is 2.05. The van der Waals surface area contributed by atoms with Gasteiger partial charge in [0.05, 0.1) is 24.0 Å². The second kappa shape index (κ2) is 3.67. The molecule has 1 fully saturated rings. The van der Waals surface area contributed by atoms with E-state index >= 15 is 0 Å². The number of hydrogen-bond donors (Lipinski definition) is 2. The summed E-state index contributed by atoms with van der Waals surface area (Å²) in [5, 5.41) is 18.6. The Bertz CT molecular complexity index is 363. The average molecular weight is 211 g/mol. The lowest BCUT2D eigenvalue weighted by Crippen LogP contribution is -2.29. The lowest BCUT2D eigenvalue weighted by atomic mass is 10.2. The maximum absolute atomic E-state index is 11.9. The molecule has 1 saturated heterocycles. The SMILES string of the molecule is Cc1occc1C(=O)N1CC(O)C(O)C1. The number of carbonyl (C=O) groups is 1. The van der Waals surface area contributed by atoms with E-state index in [1.54, 1.807) is 13.0 Å². The highest BCUT2D eigenvalue weighted by Crippen LogP contribution is 2.17. The normalized spacial score (nSPS) is 25.9. The van der Waals surface area contributed by atoms with Crippen molar-refractivity contribution in [3.8, 4) is 0 Å². The molecule has 1 amide bonds. The van der Waals surface area contributed by atoms with Crippen molar-refractivity contribution in [2.75, 3.05) is 13.1 Å². The molecule has 2 unspecified atom stereocenters. The molecule has 1 aliphatic rings. The summed E-state index contributed by atoms with van der Waals surface area (Å²) < 4.78 is 5.03. The minimum absolute atomic E-state index is 0.171. The number of furan rings is 1. The minimum Gasteiger partial charge on any atom is -0.469 e. The first-order valence-electron chi connectivity index (χ1n) is 4.79. The molecule has 0 saturated carbocycles. The van der Waals surface area contributed by atoms with Gasteiger partial charge in [0.2, 0.25) is 0 Å². The molecule has 82 valence electrons. The van der Waals surface area contributed by atoms with Gasteiger partial charge in [-0.2, -0.15) is 0 Å². The van der Waals surface area contributed by atoms with Crippen molar-refractivity contribution in [1.29, 1.82) is 0 Å². The van der Waals surface area contributed by atoms with Crippen LogP contribution in [0.3, 0.4) is 0 Å². The van der Waals surface area contributed by atoms with Crippen molar-refractivity contribution >= 4 is 5.91 Å². The van der Waals surface area contributed by atoms with Crippen molar-refractivity contribution in [3.63, 3.8) is 0 Å². The number of rotatable bonds is 1. The number of aliphatic hydroxyl groups is 2. The standard InChI is InChI=1S/C10H13NO4/c1-6-7(2-3-15-6)10(14)11-4-8(12)9(13)5-11/h2-3,8-9,12-13H,4-5H2,1H3. The molecular formula is C10H13NO4. The number of aliphatic hydroxyl groups excluding tert-OH is 2. The van der Waals surface area contributed by atoms with Crippen molar-refractivity contribution in [2.45, 2.75) is 19.1 Å². The zero-order valence-electron chi connectivity index (χ0n) is 8.38. The Kier molecular flexibility index (Phi) is 2.50. The van der Waals surface area contributed by atoms with E-state index in [0.29, 0.717) is 11.3 Å². The van der Waals surface area contributed by atoms with Crippen molar-refractivity contribution in [2.24, 2.45) is 0 Å². The van der Waals surface area contributed by atoms with E-state index < -0.39 is 12.2 Å². The lowest BCUT2D eigenvalue weighted by molar-refractivity contribution is 0.0572. The fourth-order valence-corrected chi connectivity index (χ4v) is 1.71. The number of amides is 1. The molecule has 1 aromatic heterocycles. The van der Waals surface area contributed by atoms with Crippen LogP contribution < -0.4 is 0 Å². The monoisotopic (exact) mass is 211 g/mol. The summed E-state index contributed by atoms with van der Waals surface area (Å²) in [7, 11) is 0. The number of aryl methyl sites for hydroxylation is 1. The zero-order chi connectivity index (χ0) is 11.0. The third-order valence-electron chi connectivity index (χ3n) is 2.64. The summed E-state index contributed by atoms with van der Waals surface area (Å²) in [4.78, 5) is 13.3. The van der Waals surface area contributed by atoms with E-state index in [2.05, 4.69) is 0 Å². The summed E-state index contributed by atoms with van der Waals surface area (Å²) in [5.41, 5.74) is 0.483. The maximum Gasteiger partial charge on any atom is 0.257 e. The average Bonchev–Trinajstić information content (AvgIpc) is 2.74. The predicted molar refractivity (Wildman–Crippen MR) is 51.4 cm³/mol. The van der Waals surface area contributed by atoms with Crippen molar-refractivity contribution < 1.29 is 19.4 Å². The molecule has 5 heteroatoms.